The predicted molar refractivity (Wildman–Crippen MR) is 102 cm³/mol. The van der Waals surface area contributed by atoms with Crippen molar-refractivity contribution >= 4 is 39.2 Å². The second-order valence-corrected chi connectivity index (χ2v) is 7.58. The van der Waals surface area contributed by atoms with Crippen LogP contribution in [0.2, 0.25) is 0 Å². The van der Waals surface area contributed by atoms with Crippen molar-refractivity contribution in [1.29, 1.82) is 0 Å². The first-order chi connectivity index (χ1) is 12.4. The van der Waals surface area contributed by atoms with Crippen molar-refractivity contribution < 1.29 is 19.1 Å². The number of halogens is 1. The molecule has 0 N–H and O–H groups in total. The van der Waals surface area contributed by atoms with Crippen LogP contribution in [0.3, 0.4) is 0 Å². The van der Waals surface area contributed by atoms with Gasteiger partial charge in [0.05, 0.1) is 10.2 Å². The maximum absolute atomic E-state index is 12.7. The van der Waals surface area contributed by atoms with Gasteiger partial charge in [0.2, 0.25) is 0 Å². The average Bonchev–Trinajstić information content (AvgIpc) is 2.88. The van der Waals surface area contributed by atoms with E-state index in [1.165, 1.54) is 11.8 Å². The van der Waals surface area contributed by atoms with Gasteiger partial charge in [0, 0.05) is 17.2 Å². The van der Waals surface area contributed by atoms with Crippen LogP contribution in [0.1, 0.15) is 52.4 Å². The zero-order valence-electron chi connectivity index (χ0n) is 15.0. The molecule has 1 unspecified atom stereocenters. The molecule has 1 aliphatic carbocycles. The summed E-state index contributed by atoms with van der Waals surface area (Å²) in [6, 6.07) is 5.11. The fraction of sp³-hybridized carbons (Fsp3) is 0.450. The lowest BCUT2D eigenvalue weighted by Crippen LogP contribution is -2.31. The van der Waals surface area contributed by atoms with Crippen LogP contribution in [0.15, 0.2) is 33.8 Å². The Morgan fingerprint density at radius 3 is 2.35 bits per heavy atom. The molecule has 1 aliphatic heterocycles. The van der Waals surface area contributed by atoms with Gasteiger partial charge in [-0.3, -0.25) is 14.4 Å². The Bertz CT molecular complexity index is 771. The van der Waals surface area contributed by atoms with Crippen LogP contribution in [0, 0.1) is 0 Å². The van der Waals surface area contributed by atoms with Crippen molar-refractivity contribution in [1.82, 2.24) is 0 Å². The molecule has 1 aromatic carbocycles. The summed E-state index contributed by atoms with van der Waals surface area (Å²) in [4.78, 5) is 38.5. The topological polar surface area (TPSA) is 63.7 Å². The number of Topliss-reactive ketones (excluding diaryl/α,β-unsaturated/α-hetero) is 1. The zero-order valence-corrected chi connectivity index (χ0v) is 16.6. The second kappa shape index (κ2) is 7.74. The first-order valence-electron chi connectivity index (χ1n) is 9.01. The molecule has 1 atom stereocenters. The standard InChI is InChI=1S/C20H22BrNO4/c1-3-6-17(12(2)23)26-18-11-13(9-10-16(18)21)22-19(24)14-7-4-5-8-15(14)20(22)25/h9-11,17H,3-8H2,1-2H3. The fourth-order valence-corrected chi connectivity index (χ4v) is 3.80. The third kappa shape index (κ3) is 3.47. The zero-order chi connectivity index (χ0) is 18.8. The number of nitrogens with zero attached hydrogens (tertiary/aromatic N) is 1. The Kier molecular flexibility index (Phi) is 5.61. The van der Waals surface area contributed by atoms with Gasteiger partial charge in [-0.25, -0.2) is 4.90 Å². The van der Waals surface area contributed by atoms with Gasteiger partial charge in [0.1, 0.15) is 5.75 Å². The Morgan fingerprint density at radius 2 is 1.81 bits per heavy atom. The molecule has 2 aliphatic rings. The van der Waals surface area contributed by atoms with E-state index in [0.29, 0.717) is 46.3 Å². The van der Waals surface area contributed by atoms with E-state index in [9.17, 15) is 14.4 Å². The van der Waals surface area contributed by atoms with Gasteiger partial charge in [-0.2, -0.15) is 0 Å². The fourth-order valence-electron chi connectivity index (χ4n) is 3.46. The van der Waals surface area contributed by atoms with Crippen molar-refractivity contribution in [2.24, 2.45) is 0 Å². The molecule has 0 bridgehead atoms. The summed E-state index contributed by atoms with van der Waals surface area (Å²) in [5.41, 5.74) is 1.78. The van der Waals surface area contributed by atoms with E-state index in [1.807, 2.05) is 6.92 Å². The van der Waals surface area contributed by atoms with Crippen LogP contribution in [0.25, 0.3) is 0 Å². The van der Waals surface area contributed by atoms with Gasteiger partial charge >= 0.3 is 0 Å². The summed E-state index contributed by atoms with van der Waals surface area (Å²) >= 11 is 3.42. The number of hydrogen-bond acceptors (Lipinski definition) is 4. The normalized spacial score (nSPS) is 18.2. The molecule has 0 fully saturated rings. The summed E-state index contributed by atoms with van der Waals surface area (Å²) in [5, 5.41) is 0. The van der Waals surface area contributed by atoms with E-state index in [0.717, 1.165) is 19.3 Å². The van der Waals surface area contributed by atoms with Gasteiger partial charge in [0.25, 0.3) is 11.8 Å². The van der Waals surface area contributed by atoms with Crippen molar-refractivity contribution in [2.75, 3.05) is 4.90 Å². The SMILES string of the molecule is CCCC(Oc1cc(N2C(=O)C3=C(CCCC3)C2=O)ccc1Br)C(C)=O. The van der Waals surface area contributed by atoms with Crippen molar-refractivity contribution in [3.63, 3.8) is 0 Å². The quantitative estimate of drug-likeness (QED) is 0.643. The lowest BCUT2D eigenvalue weighted by atomic mass is 9.93. The number of amides is 2. The van der Waals surface area contributed by atoms with Crippen LogP contribution in [-0.4, -0.2) is 23.7 Å². The number of rotatable bonds is 6. The molecule has 3 rings (SSSR count). The summed E-state index contributed by atoms with van der Waals surface area (Å²) < 4.78 is 6.56. The van der Waals surface area contributed by atoms with Crippen LogP contribution in [0.5, 0.6) is 5.75 Å². The van der Waals surface area contributed by atoms with Crippen molar-refractivity contribution in [3.8, 4) is 5.75 Å². The van der Waals surface area contributed by atoms with Gasteiger partial charge in [-0.05, 0) is 67.1 Å². The van der Waals surface area contributed by atoms with Crippen molar-refractivity contribution in [2.45, 2.75) is 58.5 Å². The summed E-state index contributed by atoms with van der Waals surface area (Å²) in [6.45, 7) is 3.49. The first kappa shape index (κ1) is 18.8. The molecule has 1 heterocycles. The number of carbonyl (C=O) groups excluding carboxylic acids is 3. The minimum absolute atomic E-state index is 0.0467. The molecule has 26 heavy (non-hydrogen) atoms. The van der Waals surface area contributed by atoms with E-state index < -0.39 is 6.10 Å². The van der Waals surface area contributed by atoms with Gasteiger partial charge < -0.3 is 4.74 Å². The highest BCUT2D eigenvalue weighted by molar-refractivity contribution is 9.10. The highest BCUT2D eigenvalue weighted by Crippen LogP contribution is 2.38. The monoisotopic (exact) mass is 419 g/mol. The largest absolute Gasteiger partial charge is 0.481 e. The number of hydrogen-bond donors (Lipinski definition) is 0. The molecule has 0 aromatic heterocycles. The highest BCUT2D eigenvalue weighted by Gasteiger charge is 2.39. The molecule has 5 nitrogen and oxygen atoms in total. The van der Waals surface area contributed by atoms with E-state index >= 15 is 0 Å². The van der Waals surface area contributed by atoms with E-state index in [2.05, 4.69) is 15.9 Å². The molecule has 2 amide bonds. The minimum Gasteiger partial charge on any atom is -0.481 e. The second-order valence-electron chi connectivity index (χ2n) is 6.73. The molecule has 6 heteroatoms. The smallest absolute Gasteiger partial charge is 0.261 e. The third-order valence-electron chi connectivity index (χ3n) is 4.84. The maximum atomic E-state index is 12.7. The molecule has 0 spiro atoms. The average molecular weight is 420 g/mol. The summed E-state index contributed by atoms with van der Waals surface area (Å²) in [5.74, 6) is -0.0412. The number of imide groups is 1. The molecule has 1 aromatic rings. The van der Waals surface area contributed by atoms with Gasteiger partial charge in [0.15, 0.2) is 11.9 Å². The Labute approximate surface area is 161 Å². The van der Waals surface area contributed by atoms with E-state index in [1.54, 1.807) is 18.2 Å². The molecular weight excluding hydrogens is 398 g/mol. The first-order valence-corrected chi connectivity index (χ1v) is 9.80. The molecular formula is C20H22BrNO4. The molecule has 138 valence electrons. The van der Waals surface area contributed by atoms with E-state index in [4.69, 9.17) is 4.74 Å². The Hall–Kier alpha value is -1.95. The van der Waals surface area contributed by atoms with Gasteiger partial charge in [-0.15, -0.1) is 0 Å². The van der Waals surface area contributed by atoms with Crippen LogP contribution < -0.4 is 9.64 Å². The lowest BCUT2D eigenvalue weighted by molar-refractivity contribution is -0.124. The summed E-state index contributed by atoms with van der Waals surface area (Å²) in [6.07, 6.45) is 4.11. The van der Waals surface area contributed by atoms with Crippen LogP contribution in [-0.2, 0) is 14.4 Å². The Balaban J connectivity index is 1.89. The Morgan fingerprint density at radius 1 is 1.19 bits per heavy atom. The van der Waals surface area contributed by atoms with Crippen LogP contribution in [0.4, 0.5) is 5.69 Å². The molecule has 0 saturated heterocycles. The number of ether oxygens (including phenoxy) is 1. The van der Waals surface area contributed by atoms with Crippen LogP contribution >= 0.6 is 15.9 Å². The highest BCUT2D eigenvalue weighted by atomic mass is 79.9. The third-order valence-corrected chi connectivity index (χ3v) is 5.49. The predicted octanol–water partition coefficient (Wildman–Crippen LogP) is 4.33. The van der Waals surface area contributed by atoms with Crippen molar-refractivity contribution in [3.05, 3.63) is 33.8 Å². The lowest BCUT2D eigenvalue weighted by Gasteiger charge is -2.20. The number of anilines is 1. The maximum Gasteiger partial charge on any atom is 0.261 e. The number of carbonyl (C=O) groups is 3. The molecule has 0 saturated carbocycles. The minimum atomic E-state index is -0.539. The number of benzene rings is 1. The molecule has 0 radical (unpaired) electrons. The van der Waals surface area contributed by atoms with E-state index in [-0.39, 0.29) is 17.6 Å². The summed E-state index contributed by atoms with van der Waals surface area (Å²) in [7, 11) is 0. The van der Waals surface area contributed by atoms with Gasteiger partial charge in [-0.1, -0.05) is 13.3 Å². The number of ketones is 1.